The molecule has 0 aromatic heterocycles. The van der Waals surface area contributed by atoms with Crippen molar-refractivity contribution in [3.8, 4) is 0 Å². The van der Waals surface area contributed by atoms with Gasteiger partial charge in [0.15, 0.2) is 8.32 Å². The van der Waals surface area contributed by atoms with E-state index in [9.17, 15) is 9.36 Å². The van der Waals surface area contributed by atoms with Crippen LogP contribution in [0.4, 0.5) is 0 Å². The van der Waals surface area contributed by atoms with Crippen LogP contribution in [0.3, 0.4) is 0 Å². The van der Waals surface area contributed by atoms with E-state index in [1.165, 1.54) is 0 Å². The van der Waals surface area contributed by atoms with Crippen molar-refractivity contribution in [2.45, 2.75) is 65.5 Å². The molecule has 8 heteroatoms. The van der Waals surface area contributed by atoms with Crippen LogP contribution in [0, 0.1) is 0 Å². The minimum Gasteiger partial charge on any atom is -0.464 e. The van der Waals surface area contributed by atoms with Gasteiger partial charge >= 0.3 is 13.6 Å². The summed E-state index contributed by atoms with van der Waals surface area (Å²) in [5, 5.41) is -0.152. The van der Waals surface area contributed by atoms with Gasteiger partial charge in [0.1, 0.15) is 0 Å². The van der Waals surface area contributed by atoms with E-state index < -0.39 is 27.7 Å². The van der Waals surface area contributed by atoms with Crippen molar-refractivity contribution in [2.75, 3.05) is 19.8 Å². The summed E-state index contributed by atoms with van der Waals surface area (Å²) in [7, 11) is -6.10. The first-order valence-corrected chi connectivity index (χ1v) is 12.2. The molecule has 0 aliphatic carbocycles. The van der Waals surface area contributed by atoms with Crippen LogP contribution < -0.4 is 0 Å². The summed E-state index contributed by atoms with van der Waals surface area (Å²) in [5.74, 6) is -2.04. The molecule has 6 nitrogen and oxygen atoms in total. The van der Waals surface area contributed by atoms with Gasteiger partial charge < -0.3 is 18.2 Å². The monoisotopic (exact) mass is 354 g/mol. The van der Waals surface area contributed by atoms with Crippen LogP contribution in [0.15, 0.2) is 0 Å². The second-order valence-electron chi connectivity index (χ2n) is 6.36. The molecule has 1 unspecified atom stereocenters. The molecule has 0 aliphatic heterocycles. The predicted octanol–water partition coefficient (Wildman–Crippen LogP) is 4.16. The third-order valence-corrected chi connectivity index (χ3v) is 10.4. The zero-order valence-electron chi connectivity index (χ0n) is 15.1. The molecule has 0 bridgehead atoms. The molecule has 0 aliphatic rings. The Labute approximate surface area is 135 Å². The molecule has 0 heterocycles. The van der Waals surface area contributed by atoms with Gasteiger partial charge in [-0.25, -0.2) is 4.79 Å². The quantitative estimate of drug-likeness (QED) is 0.352. The van der Waals surface area contributed by atoms with Crippen LogP contribution in [0.25, 0.3) is 0 Å². The van der Waals surface area contributed by atoms with Crippen molar-refractivity contribution in [1.29, 1.82) is 0 Å². The van der Waals surface area contributed by atoms with Crippen LogP contribution in [0.2, 0.25) is 18.1 Å². The fourth-order valence-electron chi connectivity index (χ4n) is 1.44. The van der Waals surface area contributed by atoms with Crippen LogP contribution >= 0.6 is 7.60 Å². The van der Waals surface area contributed by atoms with Crippen molar-refractivity contribution >= 4 is 21.9 Å². The highest BCUT2D eigenvalue weighted by Gasteiger charge is 2.50. The lowest BCUT2D eigenvalue weighted by molar-refractivity contribution is -0.148. The van der Waals surface area contributed by atoms with E-state index in [0.717, 1.165) is 0 Å². The Kier molecular flexibility index (Phi) is 8.51. The Morgan fingerprint density at radius 2 is 1.50 bits per heavy atom. The summed E-state index contributed by atoms with van der Waals surface area (Å²) in [4.78, 5) is 12.3. The molecule has 0 fully saturated rings. The van der Waals surface area contributed by atoms with Crippen molar-refractivity contribution in [3.63, 3.8) is 0 Å². The molecule has 1 atom stereocenters. The predicted molar refractivity (Wildman–Crippen MR) is 89.6 cm³/mol. The molecule has 0 saturated carbocycles. The standard InChI is InChI=1S/C14H31O6PSi/c1-9-17-12(15)13(20-22(7,8)14(4,5)6)21(16,18-10-2)19-11-3/h13H,9-11H2,1-8H3. The topological polar surface area (TPSA) is 71.1 Å². The fraction of sp³-hybridized carbons (Fsp3) is 0.929. The normalized spacial score (nSPS) is 14.7. The molecule has 0 radical (unpaired) electrons. The van der Waals surface area contributed by atoms with E-state index >= 15 is 0 Å². The minimum atomic E-state index is -3.74. The van der Waals surface area contributed by atoms with E-state index in [2.05, 4.69) is 0 Å². The summed E-state index contributed by atoms with van der Waals surface area (Å²) >= 11 is 0. The highest BCUT2D eigenvalue weighted by molar-refractivity contribution is 7.55. The molecule has 0 aromatic carbocycles. The number of carbonyl (C=O) groups excluding carboxylic acids is 1. The van der Waals surface area contributed by atoms with Crippen molar-refractivity contribution in [2.24, 2.45) is 0 Å². The molecular weight excluding hydrogens is 323 g/mol. The number of carbonyl (C=O) groups is 1. The molecule has 0 rings (SSSR count). The third kappa shape index (κ3) is 5.78. The molecule has 132 valence electrons. The first-order chi connectivity index (χ1) is 9.95. The third-order valence-electron chi connectivity index (χ3n) is 3.61. The number of esters is 1. The maximum atomic E-state index is 13.0. The van der Waals surface area contributed by atoms with Crippen LogP contribution in [-0.2, 0) is 27.6 Å². The Balaban J connectivity index is 5.63. The van der Waals surface area contributed by atoms with Crippen molar-refractivity contribution in [1.82, 2.24) is 0 Å². The SMILES string of the molecule is CCOC(=O)C(O[Si](C)(C)C(C)(C)C)P(=O)(OCC)OCC. The Morgan fingerprint density at radius 1 is 1.05 bits per heavy atom. The largest absolute Gasteiger partial charge is 0.464 e. The molecule has 0 amide bonds. The van der Waals surface area contributed by atoms with Gasteiger partial charge in [0.05, 0.1) is 19.8 Å². The van der Waals surface area contributed by atoms with Gasteiger partial charge in [0, 0.05) is 0 Å². The van der Waals surface area contributed by atoms with Gasteiger partial charge in [-0.05, 0) is 38.9 Å². The van der Waals surface area contributed by atoms with Gasteiger partial charge in [-0.15, -0.1) is 0 Å². The average molecular weight is 354 g/mol. The lowest BCUT2D eigenvalue weighted by Crippen LogP contribution is -2.46. The summed E-state index contributed by atoms with van der Waals surface area (Å²) in [6, 6.07) is 0. The van der Waals surface area contributed by atoms with E-state index in [-0.39, 0.29) is 24.9 Å². The molecule has 0 N–H and O–H groups in total. The summed E-state index contributed by atoms with van der Waals surface area (Å²) < 4.78 is 34.6. The van der Waals surface area contributed by atoms with Gasteiger partial charge in [-0.2, -0.15) is 0 Å². The molecule has 22 heavy (non-hydrogen) atoms. The summed E-state index contributed by atoms with van der Waals surface area (Å²) in [6.07, 6.45) is 0. The highest BCUT2D eigenvalue weighted by atomic mass is 31.2. The first-order valence-electron chi connectivity index (χ1n) is 7.68. The van der Waals surface area contributed by atoms with E-state index in [0.29, 0.717) is 0 Å². The maximum absolute atomic E-state index is 13.0. The van der Waals surface area contributed by atoms with Gasteiger partial charge in [-0.1, -0.05) is 20.8 Å². The van der Waals surface area contributed by atoms with E-state index in [1.54, 1.807) is 20.8 Å². The van der Waals surface area contributed by atoms with Crippen LogP contribution in [-0.4, -0.2) is 40.0 Å². The number of hydrogen-bond acceptors (Lipinski definition) is 6. The van der Waals surface area contributed by atoms with Gasteiger partial charge in [0.2, 0.25) is 5.85 Å². The summed E-state index contributed by atoms with van der Waals surface area (Å²) in [5.41, 5.74) is 0. The highest BCUT2D eigenvalue weighted by Crippen LogP contribution is 2.55. The summed E-state index contributed by atoms with van der Waals surface area (Å²) in [6.45, 7) is 15.6. The smallest absolute Gasteiger partial charge is 0.369 e. The zero-order valence-corrected chi connectivity index (χ0v) is 17.0. The lowest BCUT2D eigenvalue weighted by atomic mass is 10.2. The first kappa shape index (κ1) is 21.8. The minimum absolute atomic E-state index is 0.152. The molecule has 0 saturated heterocycles. The number of hydrogen-bond donors (Lipinski definition) is 0. The second kappa shape index (κ2) is 8.59. The average Bonchev–Trinajstić information content (AvgIpc) is 2.35. The second-order valence-corrected chi connectivity index (χ2v) is 13.2. The lowest BCUT2D eigenvalue weighted by Gasteiger charge is -2.39. The Bertz CT molecular complexity index is 395. The van der Waals surface area contributed by atoms with E-state index in [4.69, 9.17) is 18.2 Å². The van der Waals surface area contributed by atoms with Crippen molar-refractivity contribution in [3.05, 3.63) is 0 Å². The number of rotatable bonds is 9. The van der Waals surface area contributed by atoms with Gasteiger partial charge in [-0.3, -0.25) is 4.57 Å². The fourth-order valence-corrected chi connectivity index (χ4v) is 5.16. The van der Waals surface area contributed by atoms with Crippen LogP contribution in [0.1, 0.15) is 41.5 Å². The molecule has 0 spiro atoms. The molecular formula is C14H31O6PSi. The number of ether oxygens (including phenoxy) is 1. The maximum Gasteiger partial charge on any atom is 0.369 e. The Morgan fingerprint density at radius 3 is 1.82 bits per heavy atom. The van der Waals surface area contributed by atoms with Gasteiger partial charge in [0.25, 0.3) is 0 Å². The van der Waals surface area contributed by atoms with Crippen LogP contribution in [0.5, 0.6) is 0 Å². The van der Waals surface area contributed by atoms with E-state index in [1.807, 2.05) is 33.9 Å². The zero-order chi connectivity index (χ0) is 17.6. The molecule has 0 aromatic rings. The Hall–Kier alpha value is -0.203. The van der Waals surface area contributed by atoms with Crippen molar-refractivity contribution < 1.29 is 27.6 Å².